The molecule has 0 bridgehead atoms. The summed E-state index contributed by atoms with van der Waals surface area (Å²) in [5.41, 5.74) is 0.242. The van der Waals surface area contributed by atoms with Gasteiger partial charge in [0.1, 0.15) is 17.8 Å². The number of carbonyl (C=O) groups is 1. The molecule has 156 valence electrons. The van der Waals surface area contributed by atoms with E-state index in [1.165, 1.54) is 23.6 Å². The fourth-order valence-corrected chi connectivity index (χ4v) is 2.95. The number of methoxy groups -OCH3 is 1. The van der Waals surface area contributed by atoms with Crippen molar-refractivity contribution in [3.8, 4) is 11.5 Å². The zero-order chi connectivity index (χ0) is 21.8. The normalized spacial score (nSPS) is 10.6. The van der Waals surface area contributed by atoms with Crippen molar-refractivity contribution in [3.05, 3.63) is 73.8 Å². The fraction of sp³-hybridized carbons (Fsp3) is 0.250. The largest absolute Gasteiger partial charge is 0.493 e. The molecular weight excluding hydrogens is 394 g/mol. The molecule has 10 heteroatoms. The minimum Gasteiger partial charge on any atom is -0.493 e. The van der Waals surface area contributed by atoms with Gasteiger partial charge in [-0.05, 0) is 26.0 Å². The molecule has 0 fully saturated rings. The maximum Gasteiger partial charge on any atom is 0.345 e. The maximum atomic E-state index is 12.6. The van der Waals surface area contributed by atoms with Crippen LogP contribution >= 0.6 is 0 Å². The van der Waals surface area contributed by atoms with Gasteiger partial charge in [-0.15, -0.1) is 0 Å². The summed E-state index contributed by atoms with van der Waals surface area (Å²) in [5.74, 6) is -0.647. The lowest BCUT2D eigenvalue weighted by atomic mass is 10.1. The standard InChI is InChI=1S/C20H19N3O7/c1-4-29-17-9-14(15(23(26)27)10-16(17)28-3)20(25)30-11-13-8-19(24)22-12(2)6-5-7-18(22)21-13/h5-10H,4,11H2,1-3H3. The number of aromatic nitrogens is 2. The number of hydrogen-bond acceptors (Lipinski definition) is 8. The third-order valence-electron chi connectivity index (χ3n) is 4.28. The molecule has 0 saturated carbocycles. The average Bonchev–Trinajstić information content (AvgIpc) is 2.71. The predicted octanol–water partition coefficient (Wildman–Crippen LogP) is 2.68. The van der Waals surface area contributed by atoms with Crippen LogP contribution in [0.2, 0.25) is 0 Å². The molecule has 0 amide bonds. The van der Waals surface area contributed by atoms with E-state index in [1.54, 1.807) is 32.0 Å². The summed E-state index contributed by atoms with van der Waals surface area (Å²) in [6, 6.07) is 8.74. The topological polar surface area (TPSA) is 122 Å². The Labute approximate surface area is 170 Å². The van der Waals surface area contributed by atoms with Crippen LogP contribution in [0.1, 0.15) is 28.7 Å². The van der Waals surface area contributed by atoms with Crippen LogP contribution < -0.4 is 15.0 Å². The van der Waals surface area contributed by atoms with Crippen molar-refractivity contribution in [2.75, 3.05) is 13.7 Å². The number of nitro benzene ring substituents is 1. The lowest BCUT2D eigenvalue weighted by Gasteiger charge is -2.12. The Morgan fingerprint density at radius 3 is 2.67 bits per heavy atom. The molecule has 10 nitrogen and oxygen atoms in total. The van der Waals surface area contributed by atoms with Gasteiger partial charge in [0.15, 0.2) is 11.5 Å². The molecule has 3 rings (SSSR count). The van der Waals surface area contributed by atoms with Gasteiger partial charge in [-0.25, -0.2) is 9.78 Å². The molecule has 2 heterocycles. The second-order valence-corrected chi connectivity index (χ2v) is 6.23. The van der Waals surface area contributed by atoms with E-state index >= 15 is 0 Å². The van der Waals surface area contributed by atoms with Crippen molar-refractivity contribution >= 4 is 17.3 Å². The van der Waals surface area contributed by atoms with Crippen molar-refractivity contribution < 1.29 is 23.9 Å². The number of fused-ring (bicyclic) bond motifs is 1. The van der Waals surface area contributed by atoms with Gasteiger partial charge in [0.25, 0.3) is 11.2 Å². The number of aryl methyl sites for hydroxylation is 1. The highest BCUT2D eigenvalue weighted by atomic mass is 16.6. The summed E-state index contributed by atoms with van der Waals surface area (Å²) in [6.45, 7) is 3.44. The number of nitrogens with zero attached hydrogens (tertiary/aromatic N) is 3. The second kappa shape index (κ2) is 8.60. The van der Waals surface area contributed by atoms with Crippen molar-refractivity contribution in [1.82, 2.24) is 9.38 Å². The van der Waals surface area contributed by atoms with Crippen molar-refractivity contribution in [2.24, 2.45) is 0 Å². The van der Waals surface area contributed by atoms with Crippen LogP contribution in [0.25, 0.3) is 5.65 Å². The Bertz CT molecular complexity index is 1190. The molecule has 30 heavy (non-hydrogen) atoms. The number of nitro groups is 1. The molecule has 2 aromatic heterocycles. The summed E-state index contributed by atoms with van der Waals surface area (Å²) in [6.07, 6.45) is 0. The Morgan fingerprint density at radius 1 is 1.23 bits per heavy atom. The predicted molar refractivity (Wildman–Crippen MR) is 106 cm³/mol. The number of carbonyl (C=O) groups excluding carboxylic acids is 1. The summed E-state index contributed by atoms with van der Waals surface area (Å²) in [4.78, 5) is 39.9. The first kappa shape index (κ1) is 20.8. The molecule has 0 saturated heterocycles. The highest BCUT2D eigenvalue weighted by molar-refractivity contribution is 5.95. The molecule has 1 aromatic carbocycles. The molecule has 0 unspecified atom stereocenters. The Morgan fingerprint density at radius 2 is 2.00 bits per heavy atom. The van der Waals surface area contributed by atoms with Crippen LogP contribution in [-0.2, 0) is 11.3 Å². The number of rotatable bonds is 7. The molecule has 3 aromatic rings. The van der Waals surface area contributed by atoms with E-state index < -0.39 is 16.6 Å². The van der Waals surface area contributed by atoms with Crippen LogP contribution in [-0.4, -0.2) is 34.0 Å². The molecule has 0 spiro atoms. The first-order valence-corrected chi connectivity index (χ1v) is 9.00. The highest BCUT2D eigenvalue weighted by Crippen LogP contribution is 2.35. The van der Waals surface area contributed by atoms with Crippen LogP contribution in [0.5, 0.6) is 11.5 Å². The maximum absolute atomic E-state index is 12.6. The third kappa shape index (κ3) is 4.07. The van der Waals surface area contributed by atoms with Gasteiger partial charge in [0, 0.05) is 17.8 Å². The lowest BCUT2D eigenvalue weighted by Crippen LogP contribution is -2.18. The summed E-state index contributed by atoms with van der Waals surface area (Å²) in [5, 5.41) is 11.4. The Hall–Kier alpha value is -3.95. The van der Waals surface area contributed by atoms with Gasteiger partial charge in [-0.3, -0.25) is 19.3 Å². The van der Waals surface area contributed by atoms with Gasteiger partial charge >= 0.3 is 5.97 Å². The van der Waals surface area contributed by atoms with Crippen LogP contribution in [0.3, 0.4) is 0 Å². The summed E-state index contributed by atoms with van der Waals surface area (Å²) >= 11 is 0. The van der Waals surface area contributed by atoms with Gasteiger partial charge < -0.3 is 14.2 Å². The van der Waals surface area contributed by atoms with Gasteiger partial charge in [0.05, 0.1) is 30.4 Å². The number of benzene rings is 1. The molecule has 0 aliphatic rings. The minimum absolute atomic E-state index is 0.125. The van der Waals surface area contributed by atoms with Gasteiger partial charge in [0.2, 0.25) is 0 Å². The molecule has 0 radical (unpaired) electrons. The van der Waals surface area contributed by atoms with Gasteiger partial charge in [-0.1, -0.05) is 6.07 Å². The van der Waals surface area contributed by atoms with Crippen LogP contribution in [0.15, 0.2) is 41.2 Å². The van der Waals surface area contributed by atoms with E-state index in [1.807, 2.05) is 0 Å². The lowest BCUT2D eigenvalue weighted by molar-refractivity contribution is -0.385. The Balaban J connectivity index is 1.91. The molecule has 0 N–H and O–H groups in total. The SMILES string of the molecule is CCOc1cc(C(=O)OCc2cc(=O)n3c(C)cccc3n2)c([N+](=O)[O-])cc1OC. The first-order valence-electron chi connectivity index (χ1n) is 9.00. The molecule has 0 aliphatic carbocycles. The van der Waals surface area contributed by atoms with Crippen molar-refractivity contribution in [1.29, 1.82) is 0 Å². The van der Waals surface area contributed by atoms with Crippen molar-refractivity contribution in [3.63, 3.8) is 0 Å². The first-order chi connectivity index (χ1) is 14.3. The third-order valence-corrected chi connectivity index (χ3v) is 4.28. The summed E-state index contributed by atoms with van der Waals surface area (Å²) < 4.78 is 17.1. The second-order valence-electron chi connectivity index (χ2n) is 6.23. The quantitative estimate of drug-likeness (QED) is 0.329. The van der Waals surface area contributed by atoms with Crippen molar-refractivity contribution in [2.45, 2.75) is 20.5 Å². The Kier molecular flexibility index (Phi) is 5.95. The highest BCUT2D eigenvalue weighted by Gasteiger charge is 2.26. The average molecular weight is 413 g/mol. The van der Waals surface area contributed by atoms with E-state index in [4.69, 9.17) is 14.2 Å². The number of hydrogen-bond donors (Lipinski definition) is 0. The zero-order valence-corrected chi connectivity index (χ0v) is 16.6. The minimum atomic E-state index is -0.948. The molecular formula is C20H19N3O7. The van der Waals surface area contributed by atoms with E-state index in [-0.39, 0.29) is 41.5 Å². The monoisotopic (exact) mass is 413 g/mol. The molecule has 0 aliphatic heterocycles. The number of esters is 1. The van der Waals surface area contributed by atoms with Gasteiger partial charge in [-0.2, -0.15) is 0 Å². The zero-order valence-electron chi connectivity index (χ0n) is 16.6. The van der Waals surface area contributed by atoms with E-state index in [9.17, 15) is 19.7 Å². The fourth-order valence-electron chi connectivity index (χ4n) is 2.95. The summed E-state index contributed by atoms with van der Waals surface area (Å²) in [7, 11) is 1.34. The van der Waals surface area contributed by atoms with E-state index in [0.29, 0.717) is 11.3 Å². The van der Waals surface area contributed by atoms with Crippen LogP contribution in [0, 0.1) is 17.0 Å². The number of pyridine rings is 1. The van der Waals surface area contributed by atoms with Crippen LogP contribution in [0.4, 0.5) is 5.69 Å². The van der Waals surface area contributed by atoms with E-state index in [0.717, 1.165) is 6.07 Å². The number of ether oxygens (including phenoxy) is 3. The molecule has 0 atom stereocenters. The van der Waals surface area contributed by atoms with E-state index in [2.05, 4.69) is 4.98 Å². The smallest absolute Gasteiger partial charge is 0.345 e.